The van der Waals surface area contributed by atoms with Crippen LogP contribution in [-0.4, -0.2) is 56.4 Å². The van der Waals surface area contributed by atoms with Crippen molar-refractivity contribution in [3.05, 3.63) is 41.5 Å². The molecule has 0 saturated carbocycles. The Labute approximate surface area is 195 Å². The Hall–Kier alpha value is -1.98. The molecule has 0 aliphatic carbocycles. The predicted octanol–water partition coefficient (Wildman–Crippen LogP) is 5.41. The minimum atomic E-state index is 0.0978. The number of rotatable bonds is 11. The van der Waals surface area contributed by atoms with Gasteiger partial charge in [0.15, 0.2) is 0 Å². The van der Waals surface area contributed by atoms with Gasteiger partial charge in [0.25, 0.3) is 0 Å². The normalized spacial score (nSPS) is 16.4. The number of ether oxygens (including phenoxy) is 1. The molecule has 2 rings (SSSR count). The molecule has 0 spiro atoms. The van der Waals surface area contributed by atoms with Gasteiger partial charge in [-0.15, -0.1) is 0 Å². The number of hydrogen-bond acceptors (Lipinski definition) is 4. The lowest BCUT2D eigenvalue weighted by Crippen LogP contribution is -2.43. The van der Waals surface area contributed by atoms with Crippen LogP contribution in [0.3, 0.4) is 0 Å². The molecule has 0 radical (unpaired) electrons. The lowest BCUT2D eigenvalue weighted by molar-refractivity contribution is -0.122. The van der Waals surface area contributed by atoms with Gasteiger partial charge in [-0.2, -0.15) is 0 Å². The van der Waals surface area contributed by atoms with E-state index >= 15 is 0 Å². The summed E-state index contributed by atoms with van der Waals surface area (Å²) in [6.45, 7) is 15.1. The minimum absolute atomic E-state index is 0.0978. The summed E-state index contributed by atoms with van der Waals surface area (Å²) in [7, 11) is 4.10. The molecule has 1 N–H and O–H groups in total. The standard InChI is InChI=1S/C27H43N3O2/c1-19(2)24-9-10-25(21(4)17-24)28-22(5)8-11-27(31)29-26(16-20(3)18-30(6)7)23-12-14-32-15-13-23/h9-10,17,19,23,26H,3,8,11-16,18H2,1-2,4-7H3,(H,29,31)/b28-22+. The fraction of sp³-hybridized carbons (Fsp3) is 0.630. The maximum absolute atomic E-state index is 12.8. The summed E-state index contributed by atoms with van der Waals surface area (Å²) >= 11 is 0. The van der Waals surface area contributed by atoms with Crippen LogP contribution in [0.1, 0.15) is 69.9 Å². The molecule has 1 atom stereocenters. The number of amides is 1. The van der Waals surface area contributed by atoms with E-state index in [4.69, 9.17) is 9.73 Å². The summed E-state index contributed by atoms with van der Waals surface area (Å²) in [4.78, 5) is 19.7. The van der Waals surface area contributed by atoms with Crippen molar-refractivity contribution >= 4 is 17.3 Å². The van der Waals surface area contributed by atoms with Crippen molar-refractivity contribution in [3.8, 4) is 0 Å². The number of aryl methyl sites for hydroxylation is 1. The molecule has 1 fully saturated rings. The van der Waals surface area contributed by atoms with Crippen molar-refractivity contribution in [1.29, 1.82) is 0 Å². The van der Waals surface area contributed by atoms with E-state index in [9.17, 15) is 4.79 Å². The predicted molar refractivity (Wildman–Crippen MR) is 135 cm³/mol. The molecule has 5 heteroatoms. The highest BCUT2D eigenvalue weighted by molar-refractivity contribution is 5.89. The van der Waals surface area contributed by atoms with Crippen LogP contribution in [-0.2, 0) is 9.53 Å². The maximum atomic E-state index is 12.8. The average molecular weight is 442 g/mol. The van der Waals surface area contributed by atoms with Crippen LogP contribution < -0.4 is 5.32 Å². The molecule has 1 amide bonds. The number of aliphatic imine (C=N–C) groups is 1. The summed E-state index contributed by atoms with van der Waals surface area (Å²) in [6.07, 6.45) is 3.93. The van der Waals surface area contributed by atoms with E-state index in [0.717, 1.165) is 56.0 Å². The first-order valence-corrected chi connectivity index (χ1v) is 12.0. The van der Waals surface area contributed by atoms with Crippen LogP contribution in [0.15, 0.2) is 35.3 Å². The lowest BCUT2D eigenvalue weighted by atomic mass is 9.87. The van der Waals surface area contributed by atoms with E-state index in [-0.39, 0.29) is 11.9 Å². The highest BCUT2D eigenvalue weighted by Crippen LogP contribution is 2.25. The fourth-order valence-corrected chi connectivity index (χ4v) is 4.27. The smallest absolute Gasteiger partial charge is 0.220 e. The first-order valence-electron chi connectivity index (χ1n) is 12.0. The van der Waals surface area contributed by atoms with Crippen LogP contribution in [0.4, 0.5) is 5.69 Å². The summed E-state index contributed by atoms with van der Waals surface area (Å²) < 4.78 is 5.53. The number of benzene rings is 1. The van der Waals surface area contributed by atoms with Crippen LogP contribution in [0, 0.1) is 12.8 Å². The summed E-state index contributed by atoms with van der Waals surface area (Å²) in [5.41, 5.74) is 5.64. The van der Waals surface area contributed by atoms with Crippen molar-refractivity contribution < 1.29 is 9.53 Å². The molecule has 1 aromatic rings. The van der Waals surface area contributed by atoms with Gasteiger partial charge >= 0.3 is 0 Å². The second-order valence-electron chi connectivity index (χ2n) is 9.86. The van der Waals surface area contributed by atoms with E-state index in [2.05, 4.69) is 55.8 Å². The molecule has 1 heterocycles. The Kier molecular flexibility index (Phi) is 10.6. The fourth-order valence-electron chi connectivity index (χ4n) is 4.27. The number of nitrogens with one attached hydrogen (secondary N) is 1. The molecule has 32 heavy (non-hydrogen) atoms. The van der Waals surface area contributed by atoms with Crippen molar-refractivity contribution in [2.75, 3.05) is 33.9 Å². The molecule has 1 unspecified atom stereocenters. The van der Waals surface area contributed by atoms with Gasteiger partial charge in [0.1, 0.15) is 0 Å². The molecule has 0 bridgehead atoms. The Morgan fingerprint density at radius 2 is 1.94 bits per heavy atom. The number of hydrogen-bond donors (Lipinski definition) is 1. The third-order valence-electron chi connectivity index (χ3n) is 6.14. The lowest BCUT2D eigenvalue weighted by Gasteiger charge is -2.32. The molecular weight excluding hydrogens is 398 g/mol. The largest absolute Gasteiger partial charge is 0.381 e. The number of carbonyl (C=O) groups is 1. The van der Waals surface area contributed by atoms with Gasteiger partial charge in [-0.25, -0.2) is 0 Å². The Morgan fingerprint density at radius 3 is 2.53 bits per heavy atom. The molecule has 1 aromatic carbocycles. The van der Waals surface area contributed by atoms with Crippen LogP contribution in [0.5, 0.6) is 0 Å². The molecule has 1 aliphatic rings. The second-order valence-corrected chi connectivity index (χ2v) is 9.86. The molecule has 1 saturated heterocycles. The third-order valence-corrected chi connectivity index (χ3v) is 6.14. The van der Waals surface area contributed by atoms with E-state index in [1.54, 1.807) is 0 Å². The number of carbonyl (C=O) groups excluding carboxylic acids is 1. The summed E-state index contributed by atoms with van der Waals surface area (Å²) in [5.74, 6) is 1.05. The zero-order valence-electron chi connectivity index (χ0n) is 21.0. The van der Waals surface area contributed by atoms with E-state index in [1.807, 2.05) is 21.0 Å². The van der Waals surface area contributed by atoms with E-state index < -0.39 is 0 Å². The summed E-state index contributed by atoms with van der Waals surface area (Å²) in [6, 6.07) is 6.58. The monoisotopic (exact) mass is 441 g/mol. The van der Waals surface area contributed by atoms with Gasteiger partial charge in [0.2, 0.25) is 5.91 Å². The zero-order valence-corrected chi connectivity index (χ0v) is 21.0. The van der Waals surface area contributed by atoms with Gasteiger partial charge in [-0.05, 0) is 82.7 Å². The van der Waals surface area contributed by atoms with E-state index in [0.29, 0.717) is 24.7 Å². The van der Waals surface area contributed by atoms with E-state index in [1.165, 1.54) is 11.1 Å². The highest BCUT2D eigenvalue weighted by atomic mass is 16.5. The van der Waals surface area contributed by atoms with Gasteiger partial charge in [0.05, 0.1) is 5.69 Å². The van der Waals surface area contributed by atoms with Gasteiger partial charge in [0, 0.05) is 37.9 Å². The van der Waals surface area contributed by atoms with Crippen molar-refractivity contribution in [3.63, 3.8) is 0 Å². The first kappa shape index (κ1) is 26.3. The van der Waals surface area contributed by atoms with Crippen LogP contribution in [0.25, 0.3) is 0 Å². The molecule has 5 nitrogen and oxygen atoms in total. The number of likely N-dealkylation sites (N-methyl/N-ethyl adjacent to an activating group) is 1. The molecule has 1 aliphatic heterocycles. The van der Waals surface area contributed by atoms with Crippen LogP contribution in [0.2, 0.25) is 0 Å². The molecule has 0 aromatic heterocycles. The Morgan fingerprint density at radius 1 is 1.25 bits per heavy atom. The Balaban J connectivity index is 1.95. The van der Waals surface area contributed by atoms with Gasteiger partial charge < -0.3 is 15.0 Å². The summed E-state index contributed by atoms with van der Waals surface area (Å²) in [5, 5.41) is 3.31. The average Bonchev–Trinajstić information content (AvgIpc) is 2.73. The highest BCUT2D eigenvalue weighted by Gasteiger charge is 2.26. The maximum Gasteiger partial charge on any atom is 0.220 e. The molecule has 178 valence electrons. The van der Waals surface area contributed by atoms with Gasteiger partial charge in [-0.3, -0.25) is 9.79 Å². The SMILES string of the molecule is C=C(CC(NC(=O)CC/C(C)=N/c1ccc(C(C)C)cc1C)C1CCOCC1)CN(C)C. The van der Waals surface area contributed by atoms with Crippen molar-refractivity contribution in [2.24, 2.45) is 10.9 Å². The third kappa shape index (κ3) is 8.87. The second kappa shape index (κ2) is 12.9. The van der Waals surface area contributed by atoms with Crippen molar-refractivity contribution in [2.45, 2.75) is 71.8 Å². The van der Waals surface area contributed by atoms with Crippen molar-refractivity contribution in [1.82, 2.24) is 10.2 Å². The van der Waals surface area contributed by atoms with Gasteiger partial charge in [-0.1, -0.05) is 38.1 Å². The zero-order chi connectivity index (χ0) is 23.7. The Bertz CT molecular complexity index is 792. The topological polar surface area (TPSA) is 53.9 Å². The number of nitrogens with zero attached hydrogens (tertiary/aromatic N) is 2. The molecular formula is C27H43N3O2. The quantitative estimate of drug-likeness (QED) is 0.369. The first-order chi connectivity index (χ1) is 15.2. The van der Waals surface area contributed by atoms with Crippen LogP contribution >= 0.6 is 0 Å². The minimum Gasteiger partial charge on any atom is -0.381 e.